The molecule has 0 aromatic carbocycles. The van der Waals surface area contributed by atoms with Gasteiger partial charge in [-0.1, -0.05) is 20.8 Å². The van der Waals surface area contributed by atoms with E-state index >= 15 is 0 Å². The Morgan fingerprint density at radius 1 is 1.36 bits per heavy atom. The van der Waals surface area contributed by atoms with E-state index < -0.39 is 0 Å². The molecule has 0 aliphatic rings. The maximum Gasteiger partial charge on any atom is 0.216 e. The minimum atomic E-state index is 0.0588. The van der Waals surface area contributed by atoms with E-state index in [0.29, 0.717) is 5.41 Å². The van der Waals surface area contributed by atoms with Crippen LogP contribution in [0.2, 0.25) is 0 Å². The Bertz CT molecular complexity index is 173. The van der Waals surface area contributed by atoms with Crippen LogP contribution in [0.25, 0.3) is 0 Å². The summed E-state index contributed by atoms with van der Waals surface area (Å²) >= 11 is 0. The van der Waals surface area contributed by atoms with Crippen LogP contribution in [-0.4, -0.2) is 37.5 Å². The van der Waals surface area contributed by atoms with Gasteiger partial charge in [0.15, 0.2) is 0 Å². The molecule has 0 heterocycles. The highest BCUT2D eigenvalue weighted by atomic mass is 16.1. The number of hydrogen-bond donors (Lipinski definition) is 1. The minimum absolute atomic E-state index is 0.0588. The predicted molar refractivity (Wildman–Crippen MR) is 60.3 cm³/mol. The van der Waals surface area contributed by atoms with Crippen LogP contribution in [0.1, 0.15) is 34.1 Å². The molecule has 3 heteroatoms. The van der Waals surface area contributed by atoms with Crippen molar-refractivity contribution in [3.05, 3.63) is 0 Å². The lowest BCUT2D eigenvalue weighted by molar-refractivity contribution is -0.118. The van der Waals surface area contributed by atoms with E-state index in [1.165, 1.54) is 0 Å². The molecule has 0 saturated heterocycles. The number of rotatable bonds is 5. The van der Waals surface area contributed by atoms with Crippen LogP contribution in [-0.2, 0) is 4.79 Å². The molecule has 0 spiro atoms. The van der Waals surface area contributed by atoms with E-state index in [1.807, 2.05) is 0 Å². The molecule has 0 radical (unpaired) electrons. The Balaban J connectivity index is 3.45. The van der Waals surface area contributed by atoms with Gasteiger partial charge in [0, 0.05) is 20.0 Å². The third kappa shape index (κ3) is 9.52. The lowest BCUT2D eigenvalue weighted by Gasteiger charge is -2.26. The molecule has 0 bridgehead atoms. The van der Waals surface area contributed by atoms with Crippen LogP contribution in [0, 0.1) is 5.41 Å². The molecule has 0 aliphatic heterocycles. The Morgan fingerprint density at radius 3 is 2.36 bits per heavy atom. The van der Waals surface area contributed by atoms with Gasteiger partial charge in [-0.15, -0.1) is 0 Å². The summed E-state index contributed by atoms with van der Waals surface area (Å²) in [5.41, 5.74) is 0.350. The van der Waals surface area contributed by atoms with Gasteiger partial charge in [0.2, 0.25) is 5.91 Å². The Hall–Kier alpha value is -0.570. The number of carbonyl (C=O) groups excluding carboxylic acids is 1. The molecule has 3 nitrogen and oxygen atoms in total. The van der Waals surface area contributed by atoms with Gasteiger partial charge in [-0.25, -0.2) is 0 Å². The number of hydrogen-bond acceptors (Lipinski definition) is 2. The topological polar surface area (TPSA) is 32.3 Å². The van der Waals surface area contributed by atoms with Crippen LogP contribution in [0.5, 0.6) is 0 Å². The molecule has 14 heavy (non-hydrogen) atoms. The lowest BCUT2D eigenvalue weighted by atomic mass is 9.96. The van der Waals surface area contributed by atoms with E-state index in [2.05, 4.69) is 38.0 Å². The fraction of sp³-hybridized carbons (Fsp3) is 0.909. The average Bonchev–Trinajstić information content (AvgIpc) is 1.94. The Labute approximate surface area is 87.9 Å². The maximum absolute atomic E-state index is 10.6. The second-order valence-corrected chi connectivity index (χ2v) is 5.13. The molecule has 1 N–H and O–H groups in total. The van der Waals surface area contributed by atoms with Gasteiger partial charge >= 0.3 is 0 Å². The summed E-state index contributed by atoms with van der Waals surface area (Å²) in [4.78, 5) is 12.9. The Morgan fingerprint density at radius 2 is 1.93 bits per heavy atom. The minimum Gasteiger partial charge on any atom is -0.356 e. The van der Waals surface area contributed by atoms with Crippen LogP contribution >= 0.6 is 0 Å². The van der Waals surface area contributed by atoms with Gasteiger partial charge in [0.1, 0.15) is 0 Å². The predicted octanol–water partition coefficient (Wildman–Crippen LogP) is 1.49. The summed E-state index contributed by atoms with van der Waals surface area (Å²) in [6.45, 7) is 11.2. The summed E-state index contributed by atoms with van der Waals surface area (Å²) in [6.07, 6.45) is 1.02. The van der Waals surface area contributed by atoms with Gasteiger partial charge in [0.05, 0.1) is 0 Å². The molecule has 84 valence electrons. The fourth-order valence-corrected chi connectivity index (χ4v) is 1.50. The van der Waals surface area contributed by atoms with Gasteiger partial charge in [-0.3, -0.25) is 4.79 Å². The highest BCUT2D eigenvalue weighted by Gasteiger charge is 2.12. The number of amides is 1. The van der Waals surface area contributed by atoms with E-state index in [0.717, 1.165) is 26.1 Å². The third-order valence-electron chi connectivity index (χ3n) is 1.83. The van der Waals surface area contributed by atoms with E-state index in [1.54, 1.807) is 6.92 Å². The van der Waals surface area contributed by atoms with Crippen molar-refractivity contribution in [2.24, 2.45) is 5.41 Å². The second-order valence-electron chi connectivity index (χ2n) is 5.13. The van der Waals surface area contributed by atoms with Gasteiger partial charge in [0.25, 0.3) is 0 Å². The monoisotopic (exact) mass is 200 g/mol. The third-order valence-corrected chi connectivity index (χ3v) is 1.83. The quantitative estimate of drug-likeness (QED) is 0.682. The van der Waals surface area contributed by atoms with Crippen molar-refractivity contribution < 1.29 is 4.79 Å². The highest BCUT2D eigenvalue weighted by Crippen LogP contribution is 2.13. The van der Waals surface area contributed by atoms with Crippen molar-refractivity contribution in [3.8, 4) is 0 Å². The van der Waals surface area contributed by atoms with Gasteiger partial charge < -0.3 is 10.2 Å². The normalized spacial score (nSPS) is 11.9. The van der Waals surface area contributed by atoms with Crippen molar-refractivity contribution in [2.45, 2.75) is 34.1 Å². The van der Waals surface area contributed by atoms with Gasteiger partial charge in [-0.05, 0) is 25.4 Å². The SMILES string of the molecule is CC(=O)NCCCN(C)CC(C)(C)C. The molecule has 0 aliphatic carbocycles. The zero-order valence-electron chi connectivity index (χ0n) is 10.2. The summed E-state index contributed by atoms with van der Waals surface area (Å²) in [7, 11) is 2.12. The average molecular weight is 200 g/mol. The van der Waals surface area contributed by atoms with Crippen LogP contribution in [0.3, 0.4) is 0 Å². The van der Waals surface area contributed by atoms with Crippen LogP contribution in [0.4, 0.5) is 0 Å². The summed E-state index contributed by atoms with van der Waals surface area (Å²) in [6, 6.07) is 0. The molecule has 0 aromatic rings. The molecule has 0 fully saturated rings. The van der Waals surface area contributed by atoms with Crippen molar-refractivity contribution >= 4 is 5.91 Å². The lowest BCUT2D eigenvalue weighted by Crippen LogP contribution is -2.32. The van der Waals surface area contributed by atoms with Crippen molar-refractivity contribution in [1.29, 1.82) is 0 Å². The first-order valence-corrected chi connectivity index (χ1v) is 5.24. The van der Waals surface area contributed by atoms with E-state index in [9.17, 15) is 4.79 Å². The van der Waals surface area contributed by atoms with Crippen molar-refractivity contribution in [1.82, 2.24) is 10.2 Å². The molecule has 1 amide bonds. The maximum atomic E-state index is 10.6. The Kier molecular flexibility index (Phi) is 5.77. The zero-order valence-corrected chi connectivity index (χ0v) is 10.2. The number of nitrogens with one attached hydrogen (secondary N) is 1. The molecule has 0 atom stereocenters. The first-order valence-electron chi connectivity index (χ1n) is 5.24. The molecule has 0 unspecified atom stereocenters. The van der Waals surface area contributed by atoms with E-state index in [4.69, 9.17) is 0 Å². The standard InChI is InChI=1S/C11H24N2O/c1-10(14)12-7-6-8-13(5)9-11(2,3)4/h6-9H2,1-5H3,(H,12,14). The van der Waals surface area contributed by atoms with Crippen LogP contribution in [0.15, 0.2) is 0 Å². The molecular formula is C11H24N2O. The largest absolute Gasteiger partial charge is 0.356 e. The zero-order chi connectivity index (χ0) is 11.2. The summed E-state index contributed by atoms with van der Waals surface area (Å²) < 4.78 is 0. The van der Waals surface area contributed by atoms with Gasteiger partial charge in [-0.2, -0.15) is 0 Å². The number of carbonyl (C=O) groups is 1. The molecule has 0 rings (SSSR count). The molecule has 0 aromatic heterocycles. The first kappa shape index (κ1) is 13.4. The first-order chi connectivity index (χ1) is 6.31. The number of nitrogens with zero attached hydrogens (tertiary/aromatic N) is 1. The smallest absolute Gasteiger partial charge is 0.216 e. The fourth-order valence-electron chi connectivity index (χ4n) is 1.50. The second kappa shape index (κ2) is 6.02. The summed E-state index contributed by atoms with van der Waals surface area (Å²) in [5, 5.41) is 2.80. The van der Waals surface area contributed by atoms with E-state index in [-0.39, 0.29) is 5.91 Å². The highest BCUT2D eigenvalue weighted by molar-refractivity contribution is 5.72. The molecular weight excluding hydrogens is 176 g/mol. The van der Waals surface area contributed by atoms with Crippen LogP contribution < -0.4 is 5.32 Å². The van der Waals surface area contributed by atoms with Crippen molar-refractivity contribution in [3.63, 3.8) is 0 Å². The molecule has 0 saturated carbocycles. The van der Waals surface area contributed by atoms with Crippen molar-refractivity contribution in [2.75, 3.05) is 26.7 Å². The summed E-state index contributed by atoms with van der Waals surface area (Å²) in [5.74, 6) is 0.0588.